The summed E-state index contributed by atoms with van der Waals surface area (Å²) in [6, 6.07) is 8.58. The van der Waals surface area contributed by atoms with E-state index in [2.05, 4.69) is 10.6 Å². The highest BCUT2D eigenvalue weighted by atomic mass is 16.6. The quantitative estimate of drug-likeness (QED) is 0.357. The van der Waals surface area contributed by atoms with Gasteiger partial charge in [0.25, 0.3) is 0 Å². The van der Waals surface area contributed by atoms with Crippen molar-refractivity contribution in [1.82, 2.24) is 10.6 Å². The van der Waals surface area contributed by atoms with Crippen molar-refractivity contribution in [1.29, 1.82) is 0 Å². The first-order chi connectivity index (χ1) is 17.5. The van der Waals surface area contributed by atoms with Crippen LogP contribution in [0.25, 0.3) is 0 Å². The third-order valence-corrected chi connectivity index (χ3v) is 5.75. The maximum Gasteiger partial charge on any atom is 0.309 e. The molecule has 0 aliphatic carbocycles. The van der Waals surface area contributed by atoms with Crippen LogP contribution in [0.4, 0.5) is 0 Å². The second-order valence-electron chi connectivity index (χ2n) is 10.5. The molecule has 2 amide bonds. The fourth-order valence-electron chi connectivity index (χ4n) is 3.95. The fourth-order valence-corrected chi connectivity index (χ4v) is 3.95. The summed E-state index contributed by atoms with van der Waals surface area (Å²) in [7, 11) is 0. The molecule has 1 aromatic carbocycles. The monoisotopic (exact) mass is 516 g/mol. The van der Waals surface area contributed by atoms with E-state index in [0.717, 1.165) is 5.56 Å². The lowest BCUT2D eigenvalue weighted by Gasteiger charge is -2.23. The Kier molecular flexibility index (Phi) is 11.8. The largest absolute Gasteiger partial charge is 0.463 e. The number of cyclic esters (lactones) is 1. The maximum atomic E-state index is 12.9. The van der Waals surface area contributed by atoms with Gasteiger partial charge >= 0.3 is 11.9 Å². The van der Waals surface area contributed by atoms with Gasteiger partial charge in [-0.1, -0.05) is 42.5 Å². The summed E-state index contributed by atoms with van der Waals surface area (Å²) in [5, 5.41) is 15.3. The van der Waals surface area contributed by atoms with Crippen LogP contribution in [0.5, 0.6) is 0 Å². The SMILES string of the molecule is C[C@@H]1COC(=O)[C@@H](CC(=O)OC(C)(C)C)C/C=C\C[C@@H](CC(=O)N[C@H](CO)Cc2ccccc2)C(=O)N1. The highest BCUT2D eigenvalue weighted by Gasteiger charge is 2.28. The smallest absolute Gasteiger partial charge is 0.309 e. The summed E-state index contributed by atoms with van der Waals surface area (Å²) in [4.78, 5) is 50.5. The number of esters is 2. The number of benzene rings is 1. The molecule has 37 heavy (non-hydrogen) atoms. The van der Waals surface area contributed by atoms with Crippen LogP contribution in [0.1, 0.15) is 58.9 Å². The molecule has 1 aromatic rings. The summed E-state index contributed by atoms with van der Waals surface area (Å²) in [6.45, 7) is 6.70. The van der Waals surface area contributed by atoms with E-state index in [1.807, 2.05) is 30.3 Å². The standard InChI is InChI=1S/C28H40N2O7/c1-19-18-36-27(35)22(16-25(33)37-28(2,3)4)13-9-8-12-21(26(34)29-19)15-24(32)30-23(17-31)14-20-10-6-5-7-11-20/h5-11,19,21-23,31H,12-18H2,1-4H3,(H,29,34)(H,30,32)/b9-8-/t19-,21+,22-,23+/m1/s1. The van der Waals surface area contributed by atoms with Gasteiger partial charge in [-0.25, -0.2) is 0 Å². The minimum absolute atomic E-state index is 0.0539. The molecule has 0 radical (unpaired) electrons. The number of aliphatic hydroxyl groups is 1. The van der Waals surface area contributed by atoms with E-state index in [9.17, 15) is 24.3 Å². The van der Waals surface area contributed by atoms with Gasteiger partial charge in [0, 0.05) is 6.42 Å². The average Bonchev–Trinajstić information content (AvgIpc) is 2.82. The molecule has 1 heterocycles. The second-order valence-corrected chi connectivity index (χ2v) is 10.5. The molecule has 3 N–H and O–H groups in total. The van der Waals surface area contributed by atoms with Gasteiger partial charge in [-0.15, -0.1) is 0 Å². The maximum absolute atomic E-state index is 12.9. The van der Waals surface area contributed by atoms with E-state index >= 15 is 0 Å². The van der Waals surface area contributed by atoms with Crippen LogP contribution >= 0.6 is 0 Å². The molecular formula is C28H40N2O7. The Morgan fingerprint density at radius 2 is 1.76 bits per heavy atom. The van der Waals surface area contributed by atoms with Crippen LogP contribution in [0.2, 0.25) is 0 Å². The van der Waals surface area contributed by atoms with Crippen LogP contribution < -0.4 is 10.6 Å². The predicted octanol–water partition coefficient (Wildman–Crippen LogP) is 2.46. The number of carbonyl (C=O) groups excluding carboxylic acids is 4. The molecule has 9 heteroatoms. The van der Waals surface area contributed by atoms with Crippen LogP contribution in [-0.4, -0.2) is 59.8 Å². The van der Waals surface area contributed by atoms with Gasteiger partial charge < -0.3 is 25.2 Å². The first-order valence-corrected chi connectivity index (χ1v) is 12.7. The van der Waals surface area contributed by atoms with Crippen molar-refractivity contribution < 1.29 is 33.8 Å². The molecule has 0 bridgehead atoms. The number of hydrogen-bond acceptors (Lipinski definition) is 7. The molecule has 0 aromatic heterocycles. The predicted molar refractivity (Wildman–Crippen MR) is 138 cm³/mol. The summed E-state index contributed by atoms with van der Waals surface area (Å²) in [5.41, 5.74) is 0.322. The lowest BCUT2D eigenvalue weighted by molar-refractivity contribution is -0.161. The third kappa shape index (κ3) is 11.6. The van der Waals surface area contributed by atoms with Gasteiger partial charge in [0.2, 0.25) is 11.8 Å². The molecule has 1 aliphatic rings. The minimum atomic E-state index is -0.710. The summed E-state index contributed by atoms with van der Waals surface area (Å²) >= 11 is 0. The Hall–Kier alpha value is -3.20. The Morgan fingerprint density at radius 1 is 1.11 bits per heavy atom. The lowest BCUT2D eigenvalue weighted by atomic mass is 9.96. The minimum Gasteiger partial charge on any atom is -0.463 e. The van der Waals surface area contributed by atoms with E-state index in [4.69, 9.17) is 9.47 Å². The van der Waals surface area contributed by atoms with Crippen molar-refractivity contribution in [3.8, 4) is 0 Å². The van der Waals surface area contributed by atoms with Crippen molar-refractivity contribution in [3.05, 3.63) is 48.0 Å². The zero-order valence-corrected chi connectivity index (χ0v) is 22.2. The normalized spacial score (nSPS) is 22.9. The Labute approximate surface area is 219 Å². The highest BCUT2D eigenvalue weighted by molar-refractivity contribution is 5.86. The summed E-state index contributed by atoms with van der Waals surface area (Å²) in [5.74, 6) is -3.02. The van der Waals surface area contributed by atoms with Gasteiger partial charge in [-0.2, -0.15) is 0 Å². The molecular weight excluding hydrogens is 476 g/mol. The van der Waals surface area contributed by atoms with Crippen molar-refractivity contribution in [2.24, 2.45) is 11.8 Å². The van der Waals surface area contributed by atoms with E-state index in [-0.39, 0.29) is 50.7 Å². The number of carbonyl (C=O) groups is 4. The average molecular weight is 517 g/mol. The van der Waals surface area contributed by atoms with Crippen LogP contribution in [0, 0.1) is 11.8 Å². The number of hydrogen-bond donors (Lipinski definition) is 3. The van der Waals surface area contributed by atoms with Crippen LogP contribution in [0.3, 0.4) is 0 Å². The summed E-state index contributed by atoms with van der Waals surface area (Å²) < 4.78 is 10.7. The van der Waals surface area contributed by atoms with Gasteiger partial charge in [-0.05, 0) is 52.5 Å². The number of allylic oxidation sites excluding steroid dienone is 2. The molecule has 0 saturated carbocycles. The van der Waals surface area contributed by atoms with Crippen molar-refractivity contribution in [3.63, 3.8) is 0 Å². The first-order valence-electron chi connectivity index (χ1n) is 12.7. The highest BCUT2D eigenvalue weighted by Crippen LogP contribution is 2.19. The Morgan fingerprint density at radius 3 is 2.38 bits per heavy atom. The molecule has 0 unspecified atom stereocenters. The van der Waals surface area contributed by atoms with E-state index in [1.54, 1.807) is 39.8 Å². The molecule has 204 valence electrons. The number of nitrogens with one attached hydrogen (secondary N) is 2. The Bertz CT molecular complexity index is 940. The number of amides is 2. The van der Waals surface area contributed by atoms with Gasteiger partial charge in [0.05, 0.1) is 36.9 Å². The van der Waals surface area contributed by atoms with Gasteiger partial charge in [-0.3, -0.25) is 19.2 Å². The van der Waals surface area contributed by atoms with Crippen LogP contribution in [-0.2, 0) is 35.1 Å². The fraction of sp³-hybridized carbons (Fsp3) is 0.571. The van der Waals surface area contributed by atoms with Crippen molar-refractivity contribution in [2.75, 3.05) is 13.2 Å². The molecule has 0 spiro atoms. The van der Waals surface area contributed by atoms with E-state index in [1.165, 1.54) is 0 Å². The zero-order chi connectivity index (χ0) is 27.4. The Balaban J connectivity index is 2.04. The second kappa shape index (κ2) is 14.5. The first kappa shape index (κ1) is 30.0. The summed E-state index contributed by atoms with van der Waals surface area (Å²) in [6.07, 6.45) is 4.30. The molecule has 4 atom stereocenters. The molecule has 0 saturated heterocycles. The number of ether oxygens (including phenoxy) is 2. The van der Waals surface area contributed by atoms with Crippen molar-refractivity contribution in [2.45, 2.75) is 77.5 Å². The number of aliphatic hydroxyl groups excluding tert-OH is 1. The molecule has 1 aliphatic heterocycles. The lowest BCUT2D eigenvalue weighted by Crippen LogP contribution is -2.44. The van der Waals surface area contributed by atoms with Gasteiger partial charge in [0.15, 0.2) is 0 Å². The molecule has 2 rings (SSSR count). The van der Waals surface area contributed by atoms with E-state index in [0.29, 0.717) is 6.42 Å². The third-order valence-electron chi connectivity index (χ3n) is 5.75. The van der Waals surface area contributed by atoms with E-state index < -0.39 is 41.5 Å². The topological polar surface area (TPSA) is 131 Å². The van der Waals surface area contributed by atoms with Gasteiger partial charge in [0.1, 0.15) is 12.2 Å². The van der Waals surface area contributed by atoms with Crippen LogP contribution in [0.15, 0.2) is 42.5 Å². The zero-order valence-electron chi connectivity index (χ0n) is 22.2. The molecule has 0 fully saturated rings. The van der Waals surface area contributed by atoms with Crippen molar-refractivity contribution >= 4 is 23.8 Å². The molecule has 9 nitrogen and oxygen atoms in total. The number of rotatable bonds is 8.